The van der Waals surface area contributed by atoms with Crippen molar-refractivity contribution in [2.24, 2.45) is 17.8 Å². The van der Waals surface area contributed by atoms with Gasteiger partial charge < -0.3 is 14.6 Å². The summed E-state index contributed by atoms with van der Waals surface area (Å²) in [5, 5.41) is 3.86. The zero-order valence-corrected chi connectivity index (χ0v) is 18.0. The molecule has 0 spiro atoms. The molecule has 5 nitrogen and oxygen atoms in total. The van der Waals surface area contributed by atoms with Gasteiger partial charge in [0.2, 0.25) is 5.91 Å². The standard InChI is InChI=1S/C23H34N2O3/c1-15(2)11-20(23(27)25(13-16(3)4)14-17(5)6)24-22(26)19-7-8-21-18(12-19)9-10-28-21/h7-10,12,15-17,20H,11,13-14H2,1-6H3,(H,24,26)/t20-/m0/s1. The predicted octanol–water partition coefficient (Wildman–Crippen LogP) is 4.72. The number of nitrogens with zero attached hydrogens (tertiary/aromatic N) is 1. The molecule has 2 aromatic rings. The Labute approximate surface area is 168 Å². The fourth-order valence-corrected chi connectivity index (χ4v) is 3.40. The molecular formula is C23H34N2O3. The zero-order chi connectivity index (χ0) is 20.8. The van der Waals surface area contributed by atoms with Crippen LogP contribution in [-0.4, -0.2) is 35.8 Å². The number of hydrogen-bond acceptors (Lipinski definition) is 3. The SMILES string of the molecule is CC(C)C[C@H](NC(=O)c1ccc2occc2c1)C(=O)N(CC(C)C)CC(C)C. The average molecular weight is 387 g/mol. The van der Waals surface area contributed by atoms with Gasteiger partial charge in [-0.2, -0.15) is 0 Å². The Morgan fingerprint density at radius 3 is 2.18 bits per heavy atom. The van der Waals surface area contributed by atoms with Gasteiger partial charge in [-0.15, -0.1) is 0 Å². The Balaban J connectivity index is 2.20. The molecule has 1 atom stereocenters. The average Bonchev–Trinajstić information content (AvgIpc) is 3.06. The van der Waals surface area contributed by atoms with E-state index in [-0.39, 0.29) is 11.8 Å². The lowest BCUT2D eigenvalue weighted by Gasteiger charge is -2.31. The molecule has 0 unspecified atom stereocenters. The number of amides is 2. The molecule has 0 aliphatic rings. The van der Waals surface area contributed by atoms with Crippen LogP contribution in [0, 0.1) is 17.8 Å². The first kappa shape index (κ1) is 22.0. The van der Waals surface area contributed by atoms with Crippen LogP contribution in [0.4, 0.5) is 0 Å². The van der Waals surface area contributed by atoms with Gasteiger partial charge in [0.15, 0.2) is 0 Å². The van der Waals surface area contributed by atoms with Crippen LogP contribution >= 0.6 is 0 Å². The van der Waals surface area contributed by atoms with Gasteiger partial charge in [0.1, 0.15) is 11.6 Å². The molecule has 0 radical (unpaired) electrons. The van der Waals surface area contributed by atoms with Gasteiger partial charge >= 0.3 is 0 Å². The summed E-state index contributed by atoms with van der Waals surface area (Å²) >= 11 is 0. The van der Waals surface area contributed by atoms with Crippen molar-refractivity contribution in [3.8, 4) is 0 Å². The van der Waals surface area contributed by atoms with Crippen molar-refractivity contribution in [1.29, 1.82) is 0 Å². The van der Waals surface area contributed by atoms with Gasteiger partial charge in [0.05, 0.1) is 6.26 Å². The lowest BCUT2D eigenvalue weighted by atomic mass is 10.0. The first-order chi connectivity index (χ1) is 13.2. The van der Waals surface area contributed by atoms with Crippen molar-refractivity contribution in [2.75, 3.05) is 13.1 Å². The number of carbonyl (C=O) groups excluding carboxylic acids is 2. The fraction of sp³-hybridized carbons (Fsp3) is 0.565. The number of benzene rings is 1. The summed E-state index contributed by atoms with van der Waals surface area (Å²) < 4.78 is 5.34. The van der Waals surface area contributed by atoms with Gasteiger partial charge in [-0.05, 0) is 48.4 Å². The molecule has 0 saturated carbocycles. The van der Waals surface area contributed by atoms with Crippen molar-refractivity contribution in [1.82, 2.24) is 10.2 Å². The van der Waals surface area contributed by atoms with Crippen molar-refractivity contribution in [2.45, 2.75) is 54.0 Å². The van der Waals surface area contributed by atoms with Crippen LogP contribution in [0.1, 0.15) is 58.3 Å². The van der Waals surface area contributed by atoms with Crippen molar-refractivity contribution >= 4 is 22.8 Å². The first-order valence-corrected chi connectivity index (χ1v) is 10.2. The highest BCUT2D eigenvalue weighted by Crippen LogP contribution is 2.18. The van der Waals surface area contributed by atoms with Crippen LogP contribution in [0.2, 0.25) is 0 Å². The summed E-state index contributed by atoms with van der Waals surface area (Å²) in [7, 11) is 0. The van der Waals surface area contributed by atoms with Crippen molar-refractivity contribution < 1.29 is 14.0 Å². The number of rotatable bonds is 9. The van der Waals surface area contributed by atoms with Crippen molar-refractivity contribution in [3.63, 3.8) is 0 Å². The normalized spacial score (nSPS) is 12.8. The van der Waals surface area contributed by atoms with E-state index in [4.69, 9.17) is 4.42 Å². The van der Waals surface area contributed by atoms with Gasteiger partial charge in [-0.25, -0.2) is 0 Å². The Morgan fingerprint density at radius 1 is 0.964 bits per heavy atom. The van der Waals surface area contributed by atoms with Crippen LogP contribution in [0.25, 0.3) is 11.0 Å². The molecule has 2 amide bonds. The first-order valence-electron chi connectivity index (χ1n) is 10.2. The maximum atomic E-state index is 13.3. The van der Waals surface area contributed by atoms with E-state index in [1.165, 1.54) is 0 Å². The number of hydrogen-bond donors (Lipinski definition) is 1. The van der Waals surface area contributed by atoms with E-state index in [0.29, 0.717) is 42.8 Å². The van der Waals surface area contributed by atoms with E-state index < -0.39 is 6.04 Å². The molecule has 0 fully saturated rings. The third-order valence-corrected chi connectivity index (χ3v) is 4.51. The molecule has 0 aliphatic heterocycles. The van der Waals surface area contributed by atoms with Crippen LogP contribution in [0.3, 0.4) is 0 Å². The maximum Gasteiger partial charge on any atom is 0.251 e. The Hall–Kier alpha value is -2.30. The predicted molar refractivity (Wildman–Crippen MR) is 113 cm³/mol. The number of fused-ring (bicyclic) bond motifs is 1. The van der Waals surface area contributed by atoms with Crippen molar-refractivity contribution in [3.05, 3.63) is 36.1 Å². The minimum atomic E-state index is -0.523. The molecule has 1 N–H and O–H groups in total. The summed E-state index contributed by atoms with van der Waals surface area (Å²) in [6, 6.07) is 6.62. The van der Waals surface area contributed by atoms with Gasteiger partial charge in [0.25, 0.3) is 5.91 Å². The van der Waals surface area contributed by atoms with Gasteiger partial charge in [-0.3, -0.25) is 9.59 Å². The Bertz CT molecular complexity index is 782. The molecular weight excluding hydrogens is 352 g/mol. The highest BCUT2D eigenvalue weighted by molar-refractivity contribution is 6.00. The third-order valence-electron chi connectivity index (χ3n) is 4.51. The molecule has 0 aliphatic carbocycles. The molecule has 2 rings (SSSR count). The second-order valence-electron chi connectivity index (χ2n) is 8.86. The van der Waals surface area contributed by atoms with Crippen LogP contribution in [0.15, 0.2) is 34.9 Å². The number of furan rings is 1. The van der Waals surface area contributed by atoms with Crippen LogP contribution in [-0.2, 0) is 4.79 Å². The van der Waals surface area contributed by atoms with Gasteiger partial charge in [0, 0.05) is 24.0 Å². The van der Waals surface area contributed by atoms with E-state index in [9.17, 15) is 9.59 Å². The third kappa shape index (κ3) is 6.11. The molecule has 0 saturated heterocycles. The topological polar surface area (TPSA) is 62.6 Å². The smallest absolute Gasteiger partial charge is 0.251 e. The molecule has 5 heteroatoms. The quantitative estimate of drug-likeness (QED) is 0.678. The summed E-state index contributed by atoms with van der Waals surface area (Å²) in [5.41, 5.74) is 1.28. The molecule has 28 heavy (non-hydrogen) atoms. The van der Waals surface area contributed by atoms with Crippen LogP contribution in [0.5, 0.6) is 0 Å². The molecule has 1 aromatic carbocycles. The van der Waals surface area contributed by atoms with E-state index in [1.807, 2.05) is 11.0 Å². The summed E-state index contributed by atoms with van der Waals surface area (Å²) in [4.78, 5) is 28.0. The second-order valence-corrected chi connectivity index (χ2v) is 8.86. The van der Waals surface area contributed by atoms with Gasteiger partial charge in [-0.1, -0.05) is 41.5 Å². The highest BCUT2D eigenvalue weighted by Gasteiger charge is 2.28. The monoisotopic (exact) mass is 386 g/mol. The highest BCUT2D eigenvalue weighted by atomic mass is 16.3. The van der Waals surface area contributed by atoms with Crippen LogP contribution < -0.4 is 5.32 Å². The minimum absolute atomic E-state index is 0.00818. The lowest BCUT2D eigenvalue weighted by molar-refractivity contribution is -0.134. The Morgan fingerprint density at radius 2 is 1.61 bits per heavy atom. The molecule has 1 aromatic heterocycles. The van der Waals surface area contributed by atoms with E-state index in [2.05, 4.69) is 46.9 Å². The van der Waals surface area contributed by atoms with E-state index in [1.54, 1.807) is 24.5 Å². The fourth-order valence-electron chi connectivity index (χ4n) is 3.40. The van der Waals surface area contributed by atoms with E-state index in [0.717, 1.165) is 11.0 Å². The second kappa shape index (κ2) is 9.76. The molecule has 1 heterocycles. The minimum Gasteiger partial charge on any atom is -0.464 e. The summed E-state index contributed by atoms with van der Waals surface area (Å²) in [6.45, 7) is 14.0. The number of nitrogens with one attached hydrogen (secondary N) is 1. The Kier molecular flexibility index (Phi) is 7.67. The summed E-state index contributed by atoms with van der Waals surface area (Å²) in [5.74, 6) is 0.832. The summed E-state index contributed by atoms with van der Waals surface area (Å²) in [6.07, 6.45) is 2.22. The molecule has 0 bridgehead atoms. The number of carbonyl (C=O) groups is 2. The van der Waals surface area contributed by atoms with E-state index >= 15 is 0 Å². The lowest BCUT2D eigenvalue weighted by Crippen LogP contribution is -2.51. The molecule has 154 valence electrons. The zero-order valence-electron chi connectivity index (χ0n) is 18.0. The largest absolute Gasteiger partial charge is 0.464 e. The maximum absolute atomic E-state index is 13.3.